The highest BCUT2D eigenvalue weighted by Gasteiger charge is 2.30. The fraction of sp³-hybridized carbons (Fsp3) is 0.222. The summed E-state index contributed by atoms with van der Waals surface area (Å²) in [5, 5.41) is 5.66. The minimum Gasteiger partial charge on any atom is -0.490 e. The van der Waals surface area contributed by atoms with Crippen LogP contribution in [0.25, 0.3) is 10.8 Å². The van der Waals surface area contributed by atoms with Crippen LogP contribution in [0.3, 0.4) is 0 Å². The molecule has 1 fully saturated rings. The van der Waals surface area contributed by atoms with E-state index in [9.17, 15) is 4.39 Å². The molecule has 0 radical (unpaired) electrons. The van der Waals surface area contributed by atoms with Crippen molar-refractivity contribution >= 4 is 33.9 Å². The Morgan fingerprint density at radius 1 is 1.12 bits per heavy atom. The van der Waals surface area contributed by atoms with E-state index < -0.39 is 6.17 Å². The van der Waals surface area contributed by atoms with Crippen molar-refractivity contribution in [1.29, 1.82) is 0 Å². The zero-order valence-electron chi connectivity index (χ0n) is 12.7. The SMILES string of the molecule is F[C@H]1C[C@H](Oc2ccc3c(Nc4ccc(Cl)nc4)nccc3c2)C1. The van der Waals surface area contributed by atoms with Gasteiger partial charge in [-0.05, 0) is 41.8 Å². The first kappa shape index (κ1) is 15.1. The van der Waals surface area contributed by atoms with Crippen molar-refractivity contribution < 1.29 is 9.13 Å². The molecule has 1 aromatic carbocycles. The average molecular weight is 344 g/mol. The number of rotatable bonds is 4. The lowest BCUT2D eigenvalue weighted by Crippen LogP contribution is -2.34. The first-order valence-corrected chi connectivity index (χ1v) is 8.13. The predicted octanol–water partition coefficient (Wildman–Crippen LogP) is 4.91. The number of hydrogen-bond acceptors (Lipinski definition) is 4. The highest BCUT2D eigenvalue weighted by atomic mass is 35.5. The van der Waals surface area contributed by atoms with Gasteiger partial charge in [-0.15, -0.1) is 0 Å². The van der Waals surface area contributed by atoms with Gasteiger partial charge in [0.2, 0.25) is 0 Å². The Morgan fingerprint density at radius 2 is 2.00 bits per heavy atom. The van der Waals surface area contributed by atoms with Crippen LogP contribution in [0.4, 0.5) is 15.9 Å². The van der Waals surface area contributed by atoms with Crippen LogP contribution in [0.1, 0.15) is 12.8 Å². The van der Waals surface area contributed by atoms with E-state index in [1.165, 1.54) is 0 Å². The van der Waals surface area contributed by atoms with Crippen LogP contribution in [0.15, 0.2) is 48.8 Å². The lowest BCUT2D eigenvalue weighted by molar-refractivity contribution is 0.0411. The van der Waals surface area contributed by atoms with E-state index in [0.29, 0.717) is 18.0 Å². The van der Waals surface area contributed by atoms with Crippen molar-refractivity contribution in [3.63, 3.8) is 0 Å². The number of halogens is 2. The molecule has 0 amide bonds. The van der Waals surface area contributed by atoms with E-state index in [4.69, 9.17) is 16.3 Å². The number of alkyl halides is 1. The third-order valence-electron chi connectivity index (χ3n) is 4.07. The van der Waals surface area contributed by atoms with Gasteiger partial charge in [-0.1, -0.05) is 11.6 Å². The van der Waals surface area contributed by atoms with E-state index in [1.54, 1.807) is 18.5 Å². The summed E-state index contributed by atoms with van der Waals surface area (Å²) in [7, 11) is 0. The van der Waals surface area contributed by atoms with Crippen molar-refractivity contribution in [2.75, 3.05) is 5.32 Å². The average Bonchev–Trinajstić information content (AvgIpc) is 2.56. The maximum atomic E-state index is 12.9. The molecule has 1 saturated carbocycles. The molecular formula is C18H15ClFN3O. The number of ether oxygens (including phenoxy) is 1. The van der Waals surface area contributed by atoms with Crippen LogP contribution in [0.2, 0.25) is 5.15 Å². The molecule has 122 valence electrons. The summed E-state index contributed by atoms with van der Waals surface area (Å²) >= 11 is 5.80. The van der Waals surface area contributed by atoms with E-state index in [0.717, 1.165) is 28.0 Å². The molecule has 0 bridgehead atoms. The van der Waals surface area contributed by atoms with Crippen LogP contribution >= 0.6 is 11.6 Å². The molecule has 3 aromatic rings. The summed E-state index contributed by atoms with van der Waals surface area (Å²) in [6, 6.07) is 11.3. The Morgan fingerprint density at radius 3 is 2.75 bits per heavy atom. The van der Waals surface area contributed by atoms with Gasteiger partial charge in [0.25, 0.3) is 0 Å². The smallest absolute Gasteiger partial charge is 0.138 e. The Balaban J connectivity index is 1.59. The molecule has 0 saturated heterocycles. The van der Waals surface area contributed by atoms with Gasteiger partial charge in [0.15, 0.2) is 0 Å². The standard InChI is InChI=1S/C18H15ClFN3O/c19-17-4-1-13(10-22-17)23-18-16-3-2-14(7-11(16)5-6-21-18)24-15-8-12(20)9-15/h1-7,10,12,15H,8-9H2,(H,21,23)/t12-,15-. The number of fused-ring (bicyclic) bond motifs is 1. The topological polar surface area (TPSA) is 47.0 Å². The number of anilines is 2. The molecular weight excluding hydrogens is 329 g/mol. The second-order valence-corrected chi connectivity index (χ2v) is 6.23. The summed E-state index contributed by atoms with van der Waals surface area (Å²) in [4.78, 5) is 8.44. The van der Waals surface area contributed by atoms with Crippen molar-refractivity contribution in [3.8, 4) is 5.75 Å². The van der Waals surface area contributed by atoms with Crippen molar-refractivity contribution in [2.24, 2.45) is 0 Å². The lowest BCUT2D eigenvalue weighted by atomic mass is 9.93. The third-order valence-corrected chi connectivity index (χ3v) is 4.29. The number of aromatic nitrogens is 2. The Bertz CT molecular complexity index is 866. The quantitative estimate of drug-likeness (QED) is 0.684. The molecule has 1 aliphatic rings. The molecule has 0 unspecified atom stereocenters. The van der Waals surface area contributed by atoms with Crippen LogP contribution < -0.4 is 10.1 Å². The van der Waals surface area contributed by atoms with Gasteiger partial charge in [-0.2, -0.15) is 0 Å². The minimum atomic E-state index is -0.719. The molecule has 4 nitrogen and oxygen atoms in total. The van der Waals surface area contributed by atoms with Crippen LogP contribution in [0, 0.1) is 0 Å². The van der Waals surface area contributed by atoms with Crippen molar-refractivity contribution in [3.05, 3.63) is 53.9 Å². The lowest BCUT2D eigenvalue weighted by Gasteiger charge is -2.30. The van der Waals surface area contributed by atoms with E-state index in [2.05, 4.69) is 15.3 Å². The summed E-state index contributed by atoms with van der Waals surface area (Å²) in [6.07, 6.45) is 3.61. The second-order valence-electron chi connectivity index (χ2n) is 5.85. The number of pyridine rings is 2. The Labute approximate surface area is 143 Å². The maximum Gasteiger partial charge on any atom is 0.138 e. The molecule has 4 rings (SSSR count). The summed E-state index contributed by atoms with van der Waals surface area (Å²) in [6.45, 7) is 0. The number of nitrogens with one attached hydrogen (secondary N) is 1. The second kappa shape index (κ2) is 6.24. The molecule has 2 aromatic heterocycles. The highest BCUT2D eigenvalue weighted by molar-refractivity contribution is 6.29. The predicted molar refractivity (Wildman–Crippen MR) is 92.8 cm³/mol. The zero-order valence-corrected chi connectivity index (χ0v) is 13.5. The van der Waals surface area contributed by atoms with Crippen LogP contribution in [-0.2, 0) is 0 Å². The third kappa shape index (κ3) is 3.12. The Kier molecular flexibility index (Phi) is 3.94. The molecule has 1 N–H and O–H groups in total. The van der Waals surface area contributed by atoms with Gasteiger partial charge in [0, 0.05) is 24.4 Å². The largest absolute Gasteiger partial charge is 0.490 e. The molecule has 0 atom stereocenters. The fourth-order valence-corrected chi connectivity index (χ4v) is 2.82. The van der Waals surface area contributed by atoms with Gasteiger partial charge in [-0.3, -0.25) is 0 Å². The molecule has 6 heteroatoms. The van der Waals surface area contributed by atoms with Gasteiger partial charge in [-0.25, -0.2) is 14.4 Å². The first-order valence-electron chi connectivity index (χ1n) is 7.75. The normalized spacial score (nSPS) is 19.8. The zero-order chi connectivity index (χ0) is 16.5. The van der Waals surface area contributed by atoms with Crippen molar-refractivity contribution in [1.82, 2.24) is 9.97 Å². The number of hydrogen-bond donors (Lipinski definition) is 1. The molecule has 2 heterocycles. The summed E-state index contributed by atoms with van der Waals surface area (Å²) in [5.74, 6) is 1.49. The van der Waals surface area contributed by atoms with Gasteiger partial charge < -0.3 is 10.1 Å². The molecule has 0 spiro atoms. The number of nitrogens with zero attached hydrogens (tertiary/aromatic N) is 2. The number of benzene rings is 1. The monoisotopic (exact) mass is 343 g/mol. The minimum absolute atomic E-state index is 0.0166. The van der Waals surface area contributed by atoms with Gasteiger partial charge >= 0.3 is 0 Å². The molecule has 24 heavy (non-hydrogen) atoms. The first-order chi connectivity index (χ1) is 11.7. The molecule has 1 aliphatic carbocycles. The van der Waals surface area contributed by atoms with E-state index in [-0.39, 0.29) is 6.10 Å². The van der Waals surface area contributed by atoms with Gasteiger partial charge in [0.1, 0.15) is 29.0 Å². The van der Waals surface area contributed by atoms with Gasteiger partial charge in [0.05, 0.1) is 11.9 Å². The van der Waals surface area contributed by atoms with E-state index in [1.807, 2.05) is 30.3 Å². The maximum absolute atomic E-state index is 12.9. The summed E-state index contributed by atoms with van der Waals surface area (Å²) in [5.41, 5.74) is 0.809. The van der Waals surface area contributed by atoms with Crippen LogP contribution in [-0.4, -0.2) is 22.2 Å². The van der Waals surface area contributed by atoms with Crippen molar-refractivity contribution in [2.45, 2.75) is 25.1 Å². The molecule has 0 aliphatic heterocycles. The van der Waals surface area contributed by atoms with Crippen LogP contribution in [0.5, 0.6) is 5.75 Å². The summed E-state index contributed by atoms with van der Waals surface area (Å²) < 4.78 is 18.7. The fourth-order valence-electron chi connectivity index (χ4n) is 2.71. The highest BCUT2D eigenvalue weighted by Crippen LogP contribution is 2.31. The van der Waals surface area contributed by atoms with E-state index >= 15 is 0 Å². The Hall–Kier alpha value is -2.40.